The van der Waals surface area contributed by atoms with Gasteiger partial charge in [-0.3, -0.25) is 52.1 Å². The third-order valence-electron chi connectivity index (χ3n) is 22.9. The van der Waals surface area contributed by atoms with Crippen LogP contribution in [-0.2, 0) is 82.3 Å². The van der Waals surface area contributed by atoms with Crippen LogP contribution in [0.3, 0.4) is 0 Å². The maximum Gasteiger partial charge on any atom is 0.360 e. The smallest absolute Gasteiger partial charge is 0.360 e. The van der Waals surface area contributed by atoms with Crippen molar-refractivity contribution in [3.63, 3.8) is 0 Å². The molecule has 46 nitrogen and oxygen atoms in total. The Morgan fingerprint density at radius 2 is 1.26 bits per heavy atom. The Hall–Kier alpha value is -9.36. The Bertz CT molecular complexity index is 5250. The summed E-state index contributed by atoms with van der Waals surface area (Å²) >= 11 is 14.4. The number of aliphatic hydroxyl groups excluding tert-OH is 6. The number of aliphatic hydroxyl groups is 6. The van der Waals surface area contributed by atoms with E-state index in [1.165, 1.54) is 37.7 Å². The largest absolute Gasteiger partial charge is 0.507 e. The van der Waals surface area contributed by atoms with Gasteiger partial charge in [0.15, 0.2) is 36.5 Å². The van der Waals surface area contributed by atoms with Gasteiger partial charge in [-0.25, -0.2) is 4.79 Å². The first kappa shape index (κ1) is 107. The van der Waals surface area contributed by atoms with E-state index in [-0.39, 0.29) is 24.3 Å². The van der Waals surface area contributed by atoms with E-state index < -0.39 is 318 Å². The Balaban J connectivity index is 1.19. The molecule has 5 aromatic rings. The molecule has 28 N–H and O–H groups in total. The van der Waals surface area contributed by atoms with Gasteiger partial charge < -0.3 is 173 Å². The Labute approximate surface area is 777 Å². The summed E-state index contributed by atoms with van der Waals surface area (Å²) in [6.45, 7) is 6.78. The van der Waals surface area contributed by atoms with Crippen LogP contribution in [0.4, 0.5) is 0 Å². The van der Waals surface area contributed by atoms with Crippen LogP contribution >= 0.6 is 46.0 Å². The van der Waals surface area contributed by atoms with Crippen LogP contribution in [0, 0.1) is 5.92 Å². The van der Waals surface area contributed by atoms with Gasteiger partial charge in [0.25, 0.3) is 5.91 Å². The Morgan fingerprint density at radius 1 is 0.664 bits per heavy atom. The first-order valence-electron chi connectivity index (χ1n) is 42.8. The summed E-state index contributed by atoms with van der Waals surface area (Å²) in [5.41, 5.74) is -3.90. The number of hydrogen-bond donors (Lipinski definition) is 27. The molecule has 8 amide bonds. The highest BCUT2D eigenvalue weighted by Crippen LogP contribution is 2.59. The van der Waals surface area contributed by atoms with E-state index in [2.05, 4.69) is 60.1 Å². The lowest BCUT2D eigenvalue weighted by Crippen LogP contribution is -2.65. The number of aromatic hydroxyl groups is 3. The van der Waals surface area contributed by atoms with Gasteiger partial charge in [0.1, 0.15) is 89.5 Å². The van der Waals surface area contributed by atoms with Crippen molar-refractivity contribution in [3.05, 3.63) is 116 Å². The Kier molecular flexibility index (Phi) is 36.8. The molecule has 2 saturated heterocycles. The molecule has 7 aliphatic rings. The normalized spacial score (nSPS) is 25.5. The molecule has 7 aliphatic heterocycles. The minimum absolute atomic E-state index is 0.147. The van der Waals surface area contributed by atoms with E-state index in [1.54, 1.807) is 27.7 Å². The van der Waals surface area contributed by atoms with Crippen LogP contribution in [-0.4, -0.2) is 259 Å². The molecule has 0 saturated carbocycles. The topological polar surface area (TPSA) is 731 Å². The second-order valence-electron chi connectivity index (χ2n) is 33.7. The molecule has 5 aromatic carbocycles. The van der Waals surface area contributed by atoms with Crippen LogP contribution < -0.4 is 78.4 Å². The number of carbonyl (C=O) groups is 9. The number of rotatable bonds is 35. The number of likely N-dealkylation sites (N-methyl/N-ethyl adjacent to an activating group) is 1. The van der Waals surface area contributed by atoms with Crippen LogP contribution in [0.15, 0.2) is 72.8 Å². The quantitative estimate of drug-likeness (QED) is 0.0152. The first-order valence-corrected chi connectivity index (χ1v) is 48.7. The summed E-state index contributed by atoms with van der Waals surface area (Å²) in [7, 11) is -15.5. The van der Waals surface area contributed by atoms with E-state index in [4.69, 9.17) is 62.1 Å². The van der Waals surface area contributed by atoms with Gasteiger partial charge in [0.2, 0.25) is 58.9 Å². The molecule has 0 spiro atoms. The van der Waals surface area contributed by atoms with Gasteiger partial charge in [0, 0.05) is 48.3 Å². The van der Waals surface area contributed by atoms with Gasteiger partial charge >= 0.3 is 28.8 Å². The van der Waals surface area contributed by atoms with Crippen molar-refractivity contribution >= 4 is 99.2 Å². The number of amides is 8. The van der Waals surface area contributed by atoms with Crippen molar-refractivity contribution in [2.75, 3.05) is 46.2 Å². The highest BCUT2D eigenvalue weighted by molar-refractivity contribution is 7.70. The van der Waals surface area contributed by atoms with Gasteiger partial charge in [-0.15, -0.1) is 0 Å². The number of phenols is 3. The number of phenolic OH excluding ortho intramolecular Hbond substituents is 3. The number of nitrogens with two attached hydrogens (primary N) is 1. The minimum atomic E-state index is -5.96. The summed E-state index contributed by atoms with van der Waals surface area (Å²) in [5, 5.41) is 135. The predicted molar refractivity (Wildman–Crippen MR) is 472 cm³/mol. The number of fused-ring (bicyclic) bond motifs is 15. The zero-order chi connectivity index (χ0) is 98.5. The molecule has 18 unspecified atom stereocenters. The molecule has 738 valence electrons. The van der Waals surface area contributed by atoms with Crippen molar-refractivity contribution in [2.45, 2.75) is 227 Å². The number of halogens is 2. The zero-order valence-corrected chi connectivity index (χ0v) is 77.5. The van der Waals surface area contributed by atoms with Crippen LogP contribution in [0.5, 0.6) is 46.0 Å². The molecule has 18 atom stereocenters. The summed E-state index contributed by atoms with van der Waals surface area (Å²) in [4.78, 5) is 194. The molecule has 12 rings (SSSR count). The number of benzene rings is 5. The molecule has 0 radical (unpaired) electrons. The van der Waals surface area contributed by atoms with Gasteiger partial charge in [-0.2, -0.15) is 0 Å². The van der Waals surface area contributed by atoms with Crippen molar-refractivity contribution in [2.24, 2.45) is 11.7 Å². The number of nitrogens with one attached hydrogen (secondary N) is 11. The van der Waals surface area contributed by atoms with Crippen LogP contribution in [0.2, 0.25) is 10.0 Å². The highest BCUT2D eigenvalue weighted by Gasteiger charge is 2.53. The fraction of sp³-hybridized carbons (Fsp3) is 0.530. The average molecular weight is 1990 g/mol. The molecule has 0 aliphatic carbocycles. The zero-order valence-electron chi connectivity index (χ0n) is 73.3. The number of hydrogen-bond acceptors (Lipinski definition) is 32. The first-order chi connectivity index (χ1) is 63.0. The summed E-state index contributed by atoms with van der Waals surface area (Å²) in [6.07, 6.45) is -11.7. The Morgan fingerprint density at radius 3 is 1.85 bits per heavy atom. The van der Waals surface area contributed by atoms with E-state index >= 15 is 24.0 Å². The van der Waals surface area contributed by atoms with Crippen LogP contribution in [0.1, 0.15) is 169 Å². The van der Waals surface area contributed by atoms with Crippen molar-refractivity contribution in [1.29, 1.82) is 0 Å². The second-order valence-corrected chi connectivity index (χ2v) is 39.9. The number of ether oxygens (including phenoxy) is 7. The monoisotopic (exact) mass is 1980 g/mol. The lowest BCUT2D eigenvalue weighted by molar-refractivity contribution is -0.334. The number of carbonyl (C=O) groups excluding carboxylic acids is 9. The van der Waals surface area contributed by atoms with E-state index in [1.807, 2.05) is 0 Å². The maximum atomic E-state index is 16.5. The van der Waals surface area contributed by atoms with Gasteiger partial charge in [-0.1, -0.05) is 107 Å². The predicted octanol–water partition coefficient (Wildman–Crippen LogP) is 0.906. The fourth-order valence-electron chi connectivity index (χ4n) is 15.9. The minimum Gasteiger partial charge on any atom is -0.507 e. The lowest BCUT2D eigenvalue weighted by Gasteiger charge is -2.48. The fourth-order valence-corrected chi connectivity index (χ4v) is 19.0. The standard InChI is InChI=1S/C83H113Cl2N12O34P3/c1-7-8-9-10-11-12-13-14-21-88-22-23-90-83(5)32-59(126-38(4)73(83)108)130-72-70(107)69(106)56(34-98)129-81(72)131-71-54-28-42-29-55(71)128-53-20-17-41(27-47(53)85)67(104)65-79(114)95-63(80(115)125-35-58(102)92-82(133(119,120)121)134(122,123)124)44-30-51(100)45(33-89-36-132(116,117)118)68(105)60(44)43-25-39(15-18-50(43)99)61(76(111)97-65)94-77(112)62(42)93-75(110)49(31-57(86)101)91-78(113)64(96-74(109)48(87-6)24-37(2)3)66(103)40-16-19-52(127-54)46(84)26-40/h15-20,25-30,37-38,48-49,56,59,61-67,69-70,72-73,81-82,87-90,98-100,103-108H,7-14,21-24,31-36H2,1-6H3,(H2,86,101)(H,91,113)(H,92,102)(H,93,110)(H,94,112)(H,95,114)(H,96,109)(H,97,111)(H2,116,117,118)(H2,119,120,121)(H2,122,123,124). The third-order valence-corrected chi connectivity index (χ3v) is 27.5. The van der Waals surface area contributed by atoms with E-state index in [9.17, 15) is 108 Å². The molecular formula is C83H113Cl2N12O34P3. The summed E-state index contributed by atoms with van der Waals surface area (Å²) in [5.74, 6) is -20.5. The average Bonchev–Trinajstić information content (AvgIpc) is 0.754. The van der Waals surface area contributed by atoms with Gasteiger partial charge in [0.05, 0.1) is 53.2 Å². The SMILES string of the molecule is CCCCCCCCCCNCCNC1(C)CC(OC2C(Oc3c4cc5cc3Oc3ccc(cc3Cl)C(O)C3NC(=O)C(NC(=O)C5NC(=O)C(CC(N)=O)NC(=O)C(NC(=O)C(CC(C)C)NC)C(O)c5ccc(c(Cl)c5)O4)c4ccc(O)c(c4)-c4c(cc(O)c(CNCP(=O)(O)O)c4O)C(C(=O)OCC(=O)NC(P(=O)(O)O)P(=O)(O)O)NC3=O)OC(CO)C(O)C2O)OC(C)C1O. The summed E-state index contributed by atoms with van der Waals surface area (Å²) < 4.78 is 81.2. The van der Waals surface area contributed by atoms with Crippen molar-refractivity contribution in [1.82, 2.24) is 58.5 Å². The maximum absolute atomic E-state index is 16.5. The van der Waals surface area contributed by atoms with Crippen LogP contribution in [0.25, 0.3) is 11.1 Å². The number of unbranched alkanes of at least 4 members (excludes halogenated alkanes) is 7. The molecule has 51 heteroatoms. The molecule has 134 heavy (non-hydrogen) atoms. The molecule has 11 bridgehead atoms. The molecule has 2 fully saturated rings. The number of primary amides is 1. The van der Waals surface area contributed by atoms with Gasteiger partial charge in [-0.05, 0) is 123 Å². The molecule has 0 aromatic heterocycles. The number of esters is 1. The van der Waals surface area contributed by atoms with Crippen molar-refractivity contribution in [3.8, 4) is 57.1 Å². The highest BCUT2D eigenvalue weighted by atomic mass is 35.5. The second kappa shape index (κ2) is 46.2. The third kappa shape index (κ3) is 26.9. The van der Waals surface area contributed by atoms with E-state index in [0.29, 0.717) is 19.2 Å². The lowest BCUT2D eigenvalue weighted by atomic mass is 9.85. The summed E-state index contributed by atoms with van der Waals surface area (Å²) in [6, 6.07) is -4.34. The van der Waals surface area contributed by atoms with Crippen molar-refractivity contribution < 1.29 is 165 Å². The molecular weight excluding hydrogens is 1870 g/mol. The van der Waals surface area contributed by atoms with E-state index in [0.717, 1.165) is 99.3 Å². The molecule has 7 heterocycles.